The molecule has 0 aliphatic heterocycles. The molecule has 43 heavy (non-hydrogen) atoms. The number of fused-ring (bicyclic) bond motifs is 6. The van der Waals surface area contributed by atoms with Crippen molar-refractivity contribution in [1.29, 1.82) is 0 Å². The molecule has 0 fully saturated rings. The quantitative estimate of drug-likeness (QED) is 0.218. The molecular formula is C36H24N6O. The lowest BCUT2D eigenvalue weighted by Crippen LogP contribution is -2.00. The fourth-order valence-corrected chi connectivity index (χ4v) is 6.62. The molecule has 7 heteroatoms. The van der Waals surface area contributed by atoms with Crippen LogP contribution in [0.2, 0.25) is 0 Å². The summed E-state index contributed by atoms with van der Waals surface area (Å²) in [6.45, 7) is 0. The number of aryl methyl sites for hydroxylation is 1. The molecule has 0 amide bonds. The van der Waals surface area contributed by atoms with Gasteiger partial charge >= 0.3 is 0 Å². The number of rotatable bonds is 4. The van der Waals surface area contributed by atoms with Crippen LogP contribution in [-0.4, -0.2) is 29.3 Å². The molecule has 5 heterocycles. The number of hydrogen-bond acceptors (Lipinski definition) is 5. The van der Waals surface area contributed by atoms with Crippen molar-refractivity contribution in [2.75, 3.05) is 0 Å². The minimum Gasteiger partial charge on any atom is -0.416 e. The van der Waals surface area contributed by atoms with E-state index >= 15 is 0 Å². The van der Waals surface area contributed by atoms with Gasteiger partial charge in [-0.15, -0.1) is 10.2 Å². The van der Waals surface area contributed by atoms with Crippen molar-refractivity contribution in [2.45, 2.75) is 12.8 Å². The molecule has 9 rings (SSSR count). The molecule has 5 aromatic heterocycles. The predicted molar refractivity (Wildman–Crippen MR) is 169 cm³/mol. The smallest absolute Gasteiger partial charge is 0.250 e. The first-order chi connectivity index (χ1) is 21.4. The summed E-state index contributed by atoms with van der Waals surface area (Å²) in [6, 6.07) is 29.1. The summed E-state index contributed by atoms with van der Waals surface area (Å²) in [5.74, 6) is 0.980. The maximum Gasteiger partial charge on any atom is 0.250 e. The van der Waals surface area contributed by atoms with Crippen LogP contribution in [0.3, 0.4) is 0 Å². The van der Waals surface area contributed by atoms with E-state index in [9.17, 15) is 0 Å². The Morgan fingerprint density at radius 3 is 2.14 bits per heavy atom. The van der Waals surface area contributed by atoms with Crippen LogP contribution in [0.25, 0.3) is 73.1 Å². The van der Waals surface area contributed by atoms with Crippen LogP contribution >= 0.6 is 0 Å². The Morgan fingerprint density at radius 2 is 1.33 bits per heavy atom. The number of benzene rings is 3. The Morgan fingerprint density at radius 1 is 0.628 bits per heavy atom. The number of nitrogens with zero attached hydrogens (tertiary/aromatic N) is 6. The van der Waals surface area contributed by atoms with E-state index < -0.39 is 0 Å². The van der Waals surface area contributed by atoms with Crippen molar-refractivity contribution >= 4 is 38.8 Å². The maximum atomic E-state index is 6.57. The van der Waals surface area contributed by atoms with Crippen LogP contribution in [0.5, 0.6) is 0 Å². The number of allylic oxidation sites excluding steroid dienone is 1. The molecule has 0 radical (unpaired) electrons. The van der Waals surface area contributed by atoms with Crippen molar-refractivity contribution < 1.29 is 4.42 Å². The largest absolute Gasteiger partial charge is 0.416 e. The average molecular weight is 557 g/mol. The molecule has 1 aliphatic rings. The fraction of sp³-hybridized carbons (Fsp3) is 0.0556. The SMILES string of the molecule is C1=Cc2c(c3c(-c4nnc(-c5cccc6c7ccccc7n(-c7cccnc7)c56)o4)cccc3n2-c2cccnc2)CC1. The molecule has 0 saturated heterocycles. The van der Waals surface area contributed by atoms with Gasteiger partial charge in [-0.25, -0.2) is 0 Å². The van der Waals surface area contributed by atoms with E-state index in [1.807, 2.05) is 24.5 Å². The average Bonchev–Trinajstić information content (AvgIpc) is 3.78. The summed E-state index contributed by atoms with van der Waals surface area (Å²) >= 11 is 0. The first kappa shape index (κ1) is 23.8. The third-order valence-electron chi connectivity index (χ3n) is 8.36. The number of pyridine rings is 2. The second-order valence-electron chi connectivity index (χ2n) is 10.7. The van der Waals surface area contributed by atoms with Crippen LogP contribution in [-0.2, 0) is 6.42 Å². The van der Waals surface area contributed by atoms with E-state index in [1.165, 1.54) is 11.3 Å². The molecule has 0 unspecified atom stereocenters. The lowest BCUT2D eigenvalue weighted by atomic mass is 9.98. The van der Waals surface area contributed by atoms with Gasteiger partial charge in [0.1, 0.15) is 0 Å². The molecule has 0 atom stereocenters. The third-order valence-corrected chi connectivity index (χ3v) is 8.36. The minimum absolute atomic E-state index is 0.478. The summed E-state index contributed by atoms with van der Waals surface area (Å²) in [7, 11) is 0. The molecule has 0 spiro atoms. The highest BCUT2D eigenvalue weighted by Gasteiger charge is 2.25. The van der Waals surface area contributed by atoms with Gasteiger partial charge in [-0.2, -0.15) is 0 Å². The lowest BCUT2D eigenvalue weighted by Gasteiger charge is -2.11. The van der Waals surface area contributed by atoms with Gasteiger partial charge in [0.2, 0.25) is 11.8 Å². The van der Waals surface area contributed by atoms with Gasteiger partial charge in [0.25, 0.3) is 0 Å². The van der Waals surface area contributed by atoms with Crippen LogP contribution in [0.1, 0.15) is 17.7 Å². The maximum absolute atomic E-state index is 6.57. The fourth-order valence-electron chi connectivity index (χ4n) is 6.62. The van der Waals surface area contributed by atoms with Crippen LogP contribution < -0.4 is 0 Å². The second kappa shape index (κ2) is 9.36. The molecule has 3 aromatic carbocycles. The van der Waals surface area contributed by atoms with E-state index in [2.05, 4.69) is 114 Å². The Kier molecular flexibility index (Phi) is 5.19. The predicted octanol–water partition coefficient (Wildman–Crippen LogP) is 8.19. The Hall–Kier alpha value is -5.82. The molecule has 8 aromatic rings. The Bertz CT molecular complexity index is 2340. The molecule has 1 aliphatic carbocycles. The van der Waals surface area contributed by atoms with Gasteiger partial charge in [0, 0.05) is 39.8 Å². The monoisotopic (exact) mass is 556 g/mol. The molecule has 0 N–H and O–H groups in total. The van der Waals surface area contributed by atoms with Gasteiger partial charge in [-0.05, 0) is 73.0 Å². The lowest BCUT2D eigenvalue weighted by molar-refractivity contribution is 0.585. The summed E-state index contributed by atoms with van der Waals surface area (Å²) in [5.41, 5.74) is 9.48. The summed E-state index contributed by atoms with van der Waals surface area (Å²) < 4.78 is 11.1. The zero-order chi connectivity index (χ0) is 28.3. The normalized spacial score (nSPS) is 12.8. The van der Waals surface area contributed by atoms with E-state index in [1.54, 1.807) is 12.4 Å². The third kappa shape index (κ3) is 3.55. The van der Waals surface area contributed by atoms with Crippen LogP contribution in [0, 0.1) is 0 Å². The van der Waals surface area contributed by atoms with E-state index in [0.717, 1.165) is 68.1 Å². The van der Waals surface area contributed by atoms with E-state index in [-0.39, 0.29) is 0 Å². The van der Waals surface area contributed by atoms with Crippen LogP contribution in [0.4, 0.5) is 0 Å². The first-order valence-electron chi connectivity index (χ1n) is 14.4. The minimum atomic E-state index is 0.478. The number of para-hydroxylation sites is 2. The van der Waals surface area contributed by atoms with E-state index in [0.29, 0.717) is 11.8 Å². The van der Waals surface area contributed by atoms with Crippen molar-refractivity contribution in [3.8, 4) is 34.3 Å². The molecule has 204 valence electrons. The Balaban J connectivity index is 1.27. The van der Waals surface area contributed by atoms with Gasteiger partial charge in [0.15, 0.2) is 0 Å². The molecule has 7 nitrogen and oxygen atoms in total. The van der Waals surface area contributed by atoms with Crippen molar-refractivity contribution in [1.82, 2.24) is 29.3 Å². The number of aromatic nitrogens is 6. The molecule has 0 saturated carbocycles. The zero-order valence-corrected chi connectivity index (χ0v) is 23.1. The van der Waals surface area contributed by atoms with Gasteiger partial charge in [-0.1, -0.05) is 42.5 Å². The first-order valence-corrected chi connectivity index (χ1v) is 14.4. The van der Waals surface area contributed by atoms with Gasteiger partial charge in [0.05, 0.1) is 45.9 Å². The highest BCUT2D eigenvalue weighted by atomic mass is 16.4. The summed E-state index contributed by atoms with van der Waals surface area (Å²) in [6.07, 6.45) is 13.8. The van der Waals surface area contributed by atoms with Gasteiger partial charge in [-0.3, -0.25) is 9.97 Å². The number of hydrogen-bond donors (Lipinski definition) is 0. The molecular weight excluding hydrogens is 532 g/mol. The van der Waals surface area contributed by atoms with Crippen LogP contribution in [0.15, 0.2) is 120 Å². The summed E-state index contributed by atoms with van der Waals surface area (Å²) in [4.78, 5) is 8.80. The topological polar surface area (TPSA) is 74.6 Å². The van der Waals surface area contributed by atoms with Crippen molar-refractivity contribution in [2.24, 2.45) is 0 Å². The second-order valence-corrected chi connectivity index (χ2v) is 10.7. The highest BCUT2D eigenvalue weighted by Crippen LogP contribution is 2.41. The molecule has 0 bridgehead atoms. The zero-order valence-electron chi connectivity index (χ0n) is 23.1. The summed E-state index contributed by atoms with van der Waals surface area (Å²) in [5, 5.41) is 12.7. The van der Waals surface area contributed by atoms with Crippen molar-refractivity contribution in [3.05, 3.63) is 127 Å². The van der Waals surface area contributed by atoms with Gasteiger partial charge < -0.3 is 13.6 Å². The standard InChI is InChI=1S/C36H24N6O/c1-3-16-30-25(11-1)26-13-5-15-29(34(26)42(30)24-10-8-20-38-22-24)36-40-39-35(43-36)28-14-6-18-32-33(28)27-12-2-4-17-31(27)41(32)23-9-7-19-37-21-23/h1,3-11,13-22H,2,12H2. The van der Waals surface area contributed by atoms with E-state index in [4.69, 9.17) is 4.42 Å². The van der Waals surface area contributed by atoms with Crippen molar-refractivity contribution in [3.63, 3.8) is 0 Å². The Labute approximate surface area is 246 Å². The highest BCUT2D eigenvalue weighted by molar-refractivity contribution is 6.13.